The maximum atomic E-state index is 9.37. The molecule has 1 aromatic carbocycles. The largest absolute Gasteiger partial charge is 0.344 e. The Morgan fingerprint density at radius 3 is 2.60 bits per heavy atom. The topological polar surface area (TPSA) is 41.6 Å². The average Bonchev–Trinajstić information content (AvgIpc) is 2.73. The molecule has 100 valence electrons. The molecule has 0 fully saturated rings. The van der Waals surface area contributed by atoms with E-state index >= 15 is 0 Å². The number of nitrogens with zero attached hydrogens (tertiary/aromatic N) is 3. The van der Waals surface area contributed by atoms with E-state index in [1.54, 1.807) is 0 Å². The third-order valence-corrected chi connectivity index (χ3v) is 4.00. The number of pyridine rings is 1. The van der Waals surface area contributed by atoms with Crippen LogP contribution < -0.4 is 0 Å². The molecule has 2 aromatic heterocycles. The summed E-state index contributed by atoms with van der Waals surface area (Å²) >= 11 is 0. The lowest BCUT2D eigenvalue weighted by Crippen LogP contribution is -2.03. The molecule has 3 heteroatoms. The van der Waals surface area contributed by atoms with Crippen molar-refractivity contribution in [1.29, 1.82) is 5.26 Å². The fraction of sp³-hybridized carbons (Fsp3) is 0.294. The summed E-state index contributed by atoms with van der Waals surface area (Å²) in [4.78, 5) is 4.23. The smallest absolute Gasteiger partial charge is 0.0735 e. The van der Waals surface area contributed by atoms with Crippen LogP contribution in [0.15, 0.2) is 36.7 Å². The van der Waals surface area contributed by atoms with Gasteiger partial charge in [0.15, 0.2) is 0 Å². The van der Waals surface area contributed by atoms with Crippen molar-refractivity contribution in [2.75, 3.05) is 0 Å². The van der Waals surface area contributed by atoms with Gasteiger partial charge in [0.2, 0.25) is 0 Å². The highest BCUT2D eigenvalue weighted by atomic mass is 14.9. The minimum absolute atomic E-state index is 0.0636. The van der Waals surface area contributed by atoms with Crippen LogP contribution in [0.5, 0.6) is 0 Å². The lowest BCUT2D eigenvalue weighted by atomic mass is 9.89. The Balaban J connectivity index is 2.31. The maximum Gasteiger partial charge on any atom is 0.0735 e. The van der Waals surface area contributed by atoms with Crippen LogP contribution in [0, 0.1) is 17.2 Å². The molecule has 3 rings (SSSR count). The highest BCUT2D eigenvalue weighted by Crippen LogP contribution is 2.32. The molecule has 0 saturated carbocycles. The van der Waals surface area contributed by atoms with Crippen molar-refractivity contribution in [2.45, 2.75) is 19.8 Å². The Morgan fingerprint density at radius 2 is 1.90 bits per heavy atom. The van der Waals surface area contributed by atoms with Gasteiger partial charge in [0.1, 0.15) is 0 Å². The quantitative estimate of drug-likeness (QED) is 0.701. The number of hydrogen-bond acceptors (Lipinski definition) is 2. The number of hydrogen-bond donors (Lipinski definition) is 0. The molecule has 0 N–H and O–H groups in total. The molecule has 0 aliphatic heterocycles. The zero-order valence-corrected chi connectivity index (χ0v) is 12.0. The monoisotopic (exact) mass is 263 g/mol. The van der Waals surface area contributed by atoms with Gasteiger partial charge in [-0.15, -0.1) is 0 Å². The number of rotatable bonds is 2. The van der Waals surface area contributed by atoms with Crippen molar-refractivity contribution in [3.63, 3.8) is 0 Å². The van der Waals surface area contributed by atoms with E-state index < -0.39 is 0 Å². The van der Waals surface area contributed by atoms with Gasteiger partial charge in [-0.25, -0.2) is 0 Å². The fourth-order valence-electron chi connectivity index (χ4n) is 2.88. The van der Waals surface area contributed by atoms with Gasteiger partial charge in [-0.1, -0.05) is 19.9 Å². The van der Waals surface area contributed by atoms with Crippen molar-refractivity contribution in [1.82, 2.24) is 9.55 Å². The van der Waals surface area contributed by atoms with E-state index in [1.165, 1.54) is 16.4 Å². The average molecular weight is 263 g/mol. The first kappa shape index (κ1) is 12.7. The van der Waals surface area contributed by atoms with Crippen LogP contribution in [0.25, 0.3) is 21.8 Å². The molecule has 0 radical (unpaired) electrons. The van der Waals surface area contributed by atoms with Crippen LogP contribution in [-0.4, -0.2) is 9.55 Å². The van der Waals surface area contributed by atoms with Crippen LogP contribution >= 0.6 is 0 Å². The van der Waals surface area contributed by atoms with E-state index in [2.05, 4.69) is 54.7 Å². The Bertz CT molecular complexity index is 821. The van der Waals surface area contributed by atoms with E-state index in [1.807, 2.05) is 18.5 Å². The molecule has 20 heavy (non-hydrogen) atoms. The first-order chi connectivity index (χ1) is 9.63. The molecule has 0 aliphatic rings. The standard InChI is InChI=1S/C17H17N3/c1-11(2)14(9-18)12-4-5-16-13(8-12)15-10-19-7-6-17(15)20(16)3/h4-8,10-11,14H,1-3H3. The SMILES string of the molecule is CC(C)C(C#N)c1ccc2c(c1)c1cnccc1n2C. The van der Waals surface area contributed by atoms with Crippen molar-refractivity contribution in [2.24, 2.45) is 13.0 Å². The molecule has 1 atom stereocenters. The number of fused-ring (bicyclic) bond motifs is 3. The van der Waals surface area contributed by atoms with E-state index in [9.17, 15) is 5.26 Å². The molecule has 3 nitrogen and oxygen atoms in total. The minimum atomic E-state index is -0.0636. The molecule has 2 heterocycles. The summed E-state index contributed by atoms with van der Waals surface area (Å²) in [5, 5.41) is 11.7. The summed E-state index contributed by atoms with van der Waals surface area (Å²) in [5.41, 5.74) is 3.44. The normalized spacial score (nSPS) is 12.9. The van der Waals surface area contributed by atoms with Gasteiger partial charge in [-0.2, -0.15) is 5.26 Å². The van der Waals surface area contributed by atoms with Crippen LogP contribution in [0.3, 0.4) is 0 Å². The van der Waals surface area contributed by atoms with Gasteiger partial charge >= 0.3 is 0 Å². The maximum absolute atomic E-state index is 9.37. The molecule has 0 saturated heterocycles. The molecule has 3 aromatic rings. The van der Waals surface area contributed by atoms with Crippen molar-refractivity contribution in [3.05, 3.63) is 42.2 Å². The molecule has 1 unspecified atom stereocenters. The van der Waals surface area contributed by atoms with Gasteiger partial charge in [0.25, 0.3) is 0 Å². The molecular weight excluding hydrogens is 246 g/mol. The molecule has 0 bridgehead atoms. The zero-order chi connectivity index (χ0) is 14.3. The van der Waals surface area contributed by atoms with Gasteiger partial charge in [-0.3, -0.25) is 4.98 Å². The van der Waals surface area contributed by atoms with Crippen LogP contribution in [0.2, 0.25) is 0 Å². The Labute approximate surface area is 118 Å². The molecular formula is C17H17N3. The summed E-state index contributed by atoms with van der Waals surface area (Å²) in [5.74, 6) is 0.247. The summed E-state index contributed by atoms with van der Waals surface area (Å²) in [7, 11) is 2.06. The van der Waals surface area contributed by atoms with Gasteiger partial charge in [-0.05, 0) is 29.7 Å². The number of aryl methyl sites for hydroxylation is 1. The van der Waals surface area contributed by atoms with Gasteiger partial charge < -0.3 is 4.57 Å². The van der Waals surface area contributed by atoms with E-state index in [4.69, 9.17) is 0 Å². The van der Waals surface area contributed by atoms with E-state index in [0.717, 1.165) is 10.9 Å². The predicted octanol–water partition coefficient (Wildman–Crippen LogP) is 3.99. The summed E-state index contributed by atoms with van der Waals surface area (Å²) in [6.45, 7) is 4.17. The zero-order valence-electron chi connectivity index (χ0n) is 12.0. The lowest BCUT2D eigenvalue weighted by molar-refractivity contribution is 0.588. The Kier molecular flexibility index (Phi) is 2.94. The van der Waals surface area contributed by atoms with Gasteiger partial charge in [0, 0.05) is 35.7 Å². The highest BCUT2D eigenvalue weighted by Gasteiger charge is 2.17. The highest BCUT2D eigenvalue weighted by molar-refractivity contribution is 6.07. The first-order valence-electron chi connectivity index (χ1n) is 6.85. The predicted molar refractivity (Wildman–Crippen MR) is 81.4 cm³/mol. The lowest BCUT2D eigenvalue weighted by Gasteiger charge is -2.13. The number of aromatic nitrogens is 2. The van der Waals surface area contributed by atoms with E-state index in [-0.39, 0.29) is 5.92 Å². The molecule has 0 amide bonds. The number of nitriles is 1. The first-order valence-corrected chi connectivity index (χ1v) is 6.85. The van der Waals surface area contributed by atoms with Gasteiger partial charge in [0.05, 0.1) is 17.5 Å². The summed E-state index contributed by atoms with van der Waals surface area (Å²) in [6, 6.07) is 10.8. The second-order valence-electron chi connectivity index (χ2n) is 5.58. The van der Waals surface area contributed by atoms with Crippen molar-refractivity contribution < 1.29 is 0 Å². The molecule has 0 spiro atoms. The second kappa shape index (κ2) is 4.64. The van der Waals surface area contributed by atoms with Crippen LogP contribution in [-0.2, 0) is 7.05 Å². The summed E-state index contributed by atoms with van der Waals surface area (Å²) in [6.07, 6.45) is 3.71. The number of benzene rings is 1. The van der Waals surface area contributed by atoms with Crippen LogP contribution in [0.1, 0.15) is 25.3 Å². The molecule has 0 aliphatic carbocycles. The van der Waals surface area contributed by atoms with Crippen LogP contribution in [0.4, 0.5) is 0 Å². The Hall–Kier alpha value is -2.34. The summed E-state index contributed by atoms with van der Waals surface area (Å²) < 4.78 is 2.17. The van der Waals surface area contributed by atoms with Crippen molar-refractivity contribution in [3.8, 4) is 6.07 Å². The van der Waals surface area contributed by atoms with E-state index in [0.29, 0.717) is 5.92 Å². The Morgan fingerprint density at radius 1 is 1.15 bits per heavy atom. The van der Waals surface area contributed by atoms with Crippen molar-refractivity contribution >= 4 is 21.8 Å². The second-order valence-corrected chi connectivity index (χ2v) is 5.58. The fourth-order valence-corrected chi connectivity index (χ4v) is 2.88. The third kappa shape index (κ3) is 1.77. The third-order valence-electron chi connectivity index (χ3n) is 4.00. The minimum Gasteiger partial charge on any atom is -0.344 e.